The van der Waals surface area contributed by atoms with E-state index < -0.39 is 10.0 Å². The molecule has 2 rings (SSSR count). The number of nitrogens with two attached hydrogens (primary N) is 1. The van der Waals surface area contributed by atoms with Crippen LogP contribution in [0.25, 0.3) is 0 Å². The van der Waals surface area contributed by atoms with Crippen LogP contribution in [0.15, 0.2) is 47.4 Å². The third kappa shape index (κ3) is 3.47. The SMILES string of the molecule is COc1ccc(NS(=O)(=O)c2ccccc2CN)cc1Cl. The molecule has 21 heavy (non-hydrogen) atoms. The molecular weight excluding hydrogens is 312 g/mol. The van der Waals surface area contributed by atoms with Crippen LogP contribution in [0.3, 0.4) is 0 Å². The fraction of sp³-hybridized carbons (Fsp3) is 0.143. The number of hydrogen-bond donors (Lipinski definition) is 2. The van der Waals surface area contributed by atoms with E-state index >= 15 is 0 Å². The molecule has 0 heterocycles. The first-order valence-corrected chi connectivity index (χ1v) is 7.98. The zero-order valence-electron chi connectivity index (χ0n) is 11.3. The molecule has 0 amide bonds. The lowest BCUT2D eigenvalue weighted by molar-refractivity contribution is 0.415. The molecule has 3 N–H and O–H groups in total. The lowest BCUT2D eigenvalue weighted by Gasteiger charge is -2.12. The van der Waals surface area contributed by atoms with E-state index in [-0.39, 0.29) is 11.4 Å². The fourth-order valence-electron chi connectivity index (χ4n) is 1.87. The minimum absolute atomic E-state index is 0.139. The Morgan fingerprint density at radius 2 is 1.95 bits per heavy atom. The first-order chi connectivity index (χ1) is 9.97. The van der Waals surface area contributed by atoms with Crippen LogP contribution in [-0.2, 0) is 16.6 Å². The van der Waals surface area contributed by atoms with Crippen molar-refractivity contribution in [1.29, 1.82) is 0 Å². The average Bonchev–Trinajstić information content (AvgIpc) is 2.47. The maximum Gasteiger partial charge on any atom is 0.262 e. The van der Waals surface area contributed by atoms with Crippen LogP contribution in [0.1, 0.15) is 5.56 Å². The van der Waals surface area contributed by atoms with Gasteiger partial charge in [-0.05, 0) is 29.8 Å². The smallest absolute Gasteiger partial charge is 0.262 e. The molecule has 0 aliphatic carbocycles. The number of anilines is 1. The van der Waals surface area contributed by atoms with E-state index in [0.717, 1.165) is 0 Å². The Balaban J connectivity index is 2.35. The van der Waals surface area contributed by atoms with Crippen LogP contribution in [0, 0.1) is 0 Å². The third-order valence-corrected chi connectivity index (χ3v) is 4.66. The highest BCUT2D eigenvalue weighted by Crippen LogP contribution is 2.28. The number of hydrogen-bond acceptors (Lipinski definition) is 4. The Labute approximate surface area is 128 Å². The summed E-state index contributed by atoms with van der Waals surface area (Å²) in [5.74, 6) is 0.474. The van der Waals surface area contributed by atoms with Crippen molar-refractivity contribution < 1.29 is 13.2 Å². The van der Waals surface area contributed by atoms with Crippen LogP contribution in [-0.4, -0.2) is 15.5 Å². The molecule has 2 aromatic rings. The standard InChI is InChI=1S/C14H15ClN2O3S/c1-20-13-7-6-11(8-12(13)15)17-21(18,19)14-5-3-2-4-10(14)9-16/h2-8,17H,9,16H2,1H3. The molecule has 0 aromatic heterocycles. The lowest BCUT2D eigenvalue weighted by atomic mass is 10.2. The zero-order chi connectivity index (χ0) is 15.5. The quantitative estimate of drug-likeness (QED) is 0.885. The molecule has 0 aliphatic rings. The van der Waals surface area contributed by atoms with Gasteiger partial charge in [-0.2, -0.15) is 0 Å². The molecule has 5 nitrogen and oxygen atoms in total. The van der Waals surface area contributed by atoms with Gasteiger partial charge in [-0.25, -0.2) is 8.42 Å². The average molecular weight is 327 g/mol. The van der Waals surface area contributed by atoms with Gasteiger partial charge in [0.05, 0.1) is 22.7 Å². The van der Waals surface area contributed by atoms with E-state index in [9.17, 15) is 8.42 Å². The van der Waals surface area contributed by atoms with Crippen molar-refractivity contribution in [3.8, 4) is 5.75 Å². The van der Waals surface area contributed by atoms with E-state index in [4.69, 9.17) is 22.1 Å². The molecule has 0 saturated heterocycles. The Hall–Kier alpha value is -1.76. The van der Waals surface area contributed by atoms with E-state index in [1.807, 2.05) is 0 Å². The second-order valence-electron chi connectivity index (χ2n) is 4.27. The summed E-state index contributed by atoms with van der Waals surface area (Å²) >= 11 is 5.98. The predicted octanol–water partition coefficient (Wildman–Crippen LogP) is 2.61. The summed E-state index contributed by atoms with van der Waals surface area (Å²) in [7, 11) is -2.23. The number of rotatable bonds is 5. The fourth-order valence-corrected chi connectivity index (χ4v) is 3.43. The van der Waals surface area contributed by atoms with Crippen LogP contribution in [0.4, 0.5) is 5.69 Å². The monoisotopic (exact) mass is 326 g/mol. The molecule has 0 aliphatic heterocycles. The summed E-state index contributed by atoms with van der Waals surface area (Å²) in [4.78, 5) is 0.152. The van der Waals surface area contributed by atoms with E-state index in [1.165, 1.54) is 19.2 Å². The van der Waals surface area contributed by atoms with Gasteiger partial charge >= 0.3 is 0 Å². The molecular formula is C14H15ClN2O3S. The number of benzene rings is 2. The van der Waals surface area contributed by atoms with Gasteiger partial charge in [0.25, 0.3) is 10.0 Å². The normalized spacial score (nSPS) is 11.2. The molecule has 0 spiro atoms. The number of sulfonamides is 1. The van der Waals surface area contributed by atoms with Gasteiger partial charge < -0.3 is 10.5 Å². The summed E-state index contributed by atoms with van der Waals surface area (Å²) in [6.45, 7) is 0.139. The predicted molar refractivity (Wildman–Crippen MR) is 83.1 cm³/mol. The van der Waals surface area contributed by atoms with E-state index in [0.29, 0.717) is 22.0 Å². The molecule has 0 bridgehead atoms. The highest BCUT2D eigenvalue weighted by atomic mass is 35.5. The summed E-state index contributed by atoms with van der Waals surface area (Å²) in [5, 5.41) is 0.324. The largest absolute Gasteiger partial charge is 0.495 e. The number of nitrogens with one attached hydrogen (secondary N) is 1. The van der Waals surface area contributed by atoms with Crippen molar-refractivity contribution in [3.05, 3.63) is 53.1 Å². The van der Waals surface area contributed by atoms with Gasteiger partial charge in [-0.3, -0.25) is 4.72 Å². The van der Waals surface area contributed by atoms with Crippen molar-refractivity contribution in [3.63, 3.8) is 0 Å². The topological polar surface area (TPSA) is 81.4 Å². The first kappa shape index (κ1) is 15.6. The first-order valence-electron chi connectivity index (χ1n) is 6.12. The zero-order valence-corrected chi connectivity index (χ0v) is 12.9. The van der Waals surface area contributed by atoms with E-state index in [1.54, 1.807) is 30.3 Å². The molecule has 0 radical (unpaired) electrons. The minimum atomic E-state index is -3.72. The van der Waals surface area contributed by atoms with Crippen molar-refractivity contribution in [2.45, 2.75) is 11.4 Å². The van der Waals surface area contributed by atoms with Gasteiger partial charge in [-0.15, -0.1) is 0 Å². The molecule has 112 valence electrons. The van der Waals surface area contributed by atoms with Gasteiger partial charge in [0.1, 0.15) is 5.75 Å². The second kappa shape index (κ2) is 6.34. The summed E-state index contributed by atoms with van der Waals surface area (Å²) in [6, 6.07) is 11.2. The van der Waals surface area contributed by atoms with Crippen LogP contribution in [0.2, 0.25) is 5.02 Å². The van der Waals surface area contributed by atoms with Crippen molar-refractivity contribution >= 4 is 27.3 Å². The Morgan fingerprint density at radius 1 is 1.24 bits per heavy atom. The van der Waals surface area contributed by atoms with Gasteiger partial charge in [0.2, 0.25) is 0 Å². The highest BCUT2D eigenvalue weighted by molar-refractivity contribution is 7.92. The van der Waals surface area contributed by atoms with Crippen LogP contribution in [0.5, 0.6) is 5.75 Å². The minimum Gasteiger partial charge on any atom is -0.495 e. The summed E-state index contributed by atoms with van der Waals surface area (Å²) in [5.41, 5.74) is 6.47. The van der Waals surface area contributed by atoms with Gasteiger partial charge in [0, 0.05) is 6.54 Å². The van der Waals surface area contributed by atoms with Crippen molar-refractivity contribution in [2.24, 2.45) is 5.73 Å². The van der Waals surface area contributed by atoms with Crippen LogP contribution < -0.4 is 15.2 Å². The summed E-state index contributed by atoms with van der Waals surface area (Å²) in [6.07, 6.45) is 0. The second-order valence-corrected chi connectivity index (χ2v) is 6.32. The third-order valence-electron chi connectivity index (χ3n) is 2.89. The maximum absolute atomic E-state index is 12.4. The molecule has 2 aromatic carbocycles. The Morgan fingerprint density at radius 3 is 2.57 bits per heavy atom. The molecule has 0 saturated carbocycles. The van der Waals surface area contributed by atoms with Crippen LogP contribution >= 0.6 is 11.6 Å². The Bertz CT molecular complexity index is 748. The maximum atomic E-state index is 12.4. The van der Waals surface area contributed by atoms with Gasteiger partial charge in [-0.1, -0.05) is 29.8 Å². The van der Waals surface area contributed by atoms with Crippen molar-refractivity contribution in [1.82, 2.24) is 0 Å². The number of ether oxygens (including phenoxy) is 1. The number of halogens is 1. The molecule has 0 fully saturated rings. The Kier molecular flexibility index (Phi) is 4.72. The summed E-state index contributed by atoms with van der Waals surface area (Å²) < 4.78 is 32.3. The van der Waals surface area contributed by atoms with E-state index in [2.05, 4.69) is 4.72 Å². The molecule has 0 unspecified atom stereocenters. The molecule has 7 heteroatoms. The molecule has 0 atom stereocenters. The van der Waals surface area contributed by atoms with Gasteiger partial charge in [0.15, 0.2) is 0 Å². The lowest BCUT2D eigenvalue weighted by Crippen LogP contribution is -2.16. The van der Waals surface area contributed by atoms with Crippen molar-refractivity contribution in [2.75, 3.05) is 11.8 Å². The highest BCUT2D eigenvalue weighted by Gasteiger charge is 2.18. The number of methoxy groups -OCH3 is 1.